The van der Waals surface area contributed by atoms with E-state index in [1.54, 1.807) is 0 Å². The first kappa shape index (κ1) is 13.0. The van der Waals surface area contributed by atoms with Crippen molar-refractivity contribution in [2.45, 2.75) is 34.3 Å². The second-order valence-electron chi connectivity index (χ2n) is 4.83. The van der Waals surface area contributed by atoms with Crippen LogP contribution in [0.3, 0.4) is 0 Å². The molecule has 0 aliphatic heterocycles. The molecule has 0 aliphatic carbocycles. The lowest BCUT2D eigenvalue weighted by molar-refractivity contribution is 0.276. The fourth-order valence-electron chi connectivity index (χ4n) is 1.91. The van der Waals surface area contributed by atoms with Gasteiger partial charge in [-0.05, 0) is 17.8 Å². The second kappa shape index (κ2) is 5.89. The molecule has 0 atom stereocenters. The van der Waals surface area contributed by atoms with E-state index in [0.29, 0.717) is 29.5 Å². The predicted molar refractivity (Wildman–Crippen MR) is 64.1 cm³/mol. The van der Waals surface area contributed by atoms with E-state index in [0.717, 1.165) is 6.54 Å². The normalized spacial score (nSPS) is 11.8. The molecule has 0 amide bonds. The molecule has 0 spiro atoms. The molecule has 1 aromatic rings. The van der Waals surface area contributed by atoms with Gasteiger partial charge in [0.15, 0.2) is 0 Å². The topological polar surface area (TPSA) is 58.3 Å². The highest BCUT2D eigenvalue weighted by Gasteiger charge is 2.17. The monoisotopic (exact) mass is 226 g/mol. The molecule has 0 aromatic carbocycles. The van der Waals surface area contributed by atoms with Gasteiger partial charge in [0.25, 0.3) is 6.01 Å². The van der Waals surface area contributed by atoms with Gasteiger partial charge < -0.3 is 14.8 Å². The number of hydrogen-bond donors (Lipinski definition) is 2. The number of aromatic nitrogens is 1. The third-order valence-electron chi connectivity index (χ3n) is 2.92. The van der Waals surface area contributed by atoms with E-state index in [1.165, 1.54) is 6.26 Å². The molecule has 0 saturated carbocycles. The van der Waals surface area contributed by atoms with E-state index in [4.69, 9.17) is 9.52 Å². The van der Waals surface area contributed by atoms with Gasteiger partial charge in [-0.1, -0.05) is 27.7 Å². The zero-order valence-corrected chi connectivity index (χ0v) is 10.5. The van der Waals surface area contributed by atoms with Gasteiger partial charge in [-0.15, -0.1) is 0 Å². The van der Waals surface area contributed by atoms with Crippen molar-refractivity contribution >= 4 is 6.01 Å². The molecule has 0 fully saturated rings. The van der Waals surface area contributed by atoms with Crippen molar-refractivity contribution in [2.75, 3.05) is 11.9 Å². The lowest BCUT2D eigenvalue weighted by atomic mass is 9.85. The summed E-state index contributed by atoms with van der Waals surface area (Å²) < 4.78 is 5.18. The van der Waals surface area contributed by atoms with Crippen molar-refractivity contribution in [2.24, 2.45) is 17.8 Å². The molecule has 0 bridgehead atoms. The predicted octanol–water partition coefficient (Wildman–Crippen LogP) is 2.51. The van der Waals surface area contributed by atoms with Crippen molar-refractivity contribution in [3.63, 3.8) is 0 Å². The van der Waals surface area contributed by atoms with Crippen LogP contribution in [-0.4, -0.2) is 16.6 Å². The first-order valence-corrected chi connectivity index (χ1v) is 5.83. The van der Waals surface area contributed by atoms with E-state index in [1.807, 2.05) is 0 Å². The van der Waals surface area contributed by atoms with Gasteiger partial charge in [0.05, 0.1) is 6.61 Å². The van der Waals surface area contributed by atoms with Crippen LogP contribution in [0.5, 0.6) is 0 Å². The number of aliphatic hydroxyl groups is 1. The Kier molecular flexibility index (Phi) is 4.80. The molecule has 0 saturated heterocycles. The number of anilines is 1. The summed E-state index contributed by atoms with van der Waals surface area (Å²) in [4.78, 5) is 4.09. The quantitative estimate of drug-likeness (QED) is 0.782. The van der Waals surface area contributed by atoms with Crippen molar-refractivity contribution in [1.29, 1.82) is 0 Å². The average molecular weight is 226 g/mol. The zero-order chi connectivity index (χ0) is 12.1. The number of oxazole rings is 1. The molecule has 0 aliphatic rings. The van der Waals surface area contributed by atoms with Gasteiger partial charge in [-0.25, -0.2) is 0 Å². The Morgan fingerprint density at radius 3 is 2.38 bits per heavy atom. The van der Waals surface area contributed by atoms with E-state index < -0.39 is 0 Å². The van der Waals surface area contributed by atoms with Gasteiger partial charge in [0.1, 0.15) is 12.0 Å². The average Bonchev–Trinajstić information content (AvgIpc) is 2.65. The number of rotatable bonds is 6. The van der Waals surface area contributed by atoms with Crippen LogP contribution in [0.2, 0.25) is 0 Å². The lowest BCUT2D eigenvalue weighted by Gasteiger charge is -2.24. The maximum absolute atomic E-state index is 8.85. The van der Waals surface area contributed by atoms with Gasteiger partial charge in [0.2, 0.25) is 0 Å². The first-order chi connectivity index (χ1) is 7.54. The number of nitrogens with one attached hydrogen (secondary N) is 1. The van der Waals surface area contributed by atoms with E-state index in [9.17, 15) is 0 Å². The molecule has 0 unspecified atom stereocenters. The number of nitrogens with zero attached hydrogens (tertiary/aromatic N) is 1. The standard InChI is InChI=1S/C12H22N2O2/c1-8(2)11(9(3)4)5-13-12-14-10(6-15)7-16-12/h7-9,11,15H,5-6H2,1-4H3,(H,13,14). The minimum atomic E-state index is -0.0804. The van der Waals surface area contributed by atoms with Gasteiger partial charge in [0, 0.05) is 6.54 Å². The van der Waals surface area contributed by atoms with Crippen LogP contribution in [0.1, 0.15) is 33.4 Å². The van der Waals surface area contributed by atoms with Gasteiger partial charge in [-0.2, -0.15) is 4.98 Å². The van der Waals surface area contributed by atoms with E-state index >= 15 is 0 Å². The molecule has 2 N–H and O–H groups in total. The van der Waals surface area contributed by atoms with Crippen LogP contribution in [0.25, 0.3) is 0 Å². The third kappa shape index (κ3) is 3.52. The van der Waals surface area contributed by atoms with Crippen LogP contribution in [0.15, 0.2) is 10.7 Å². The number of hydrogen-bond acceptors (Lipinski definition) is 4. The Bertz CT molecular complexity index is 300. The Hall–Kier alpha value is -1.03. The molecule has 0 radical (unpaired) electrons. The van der Waals surface area contributed by atoms with Crippen LogP contribution in [0, 0.1) is 17.8 Å². The zero-order valence-electron chi connectivity index (χ0n) is 10.5. The molecule has 92 valence electrons. The second-order valence-corrected chi connectivity index (χ2v) is 4.83. The Morgan fingerprint density at radius 1 is 1.31 bits per heavy atom. The summed E-state index contributed by atoms with van der Waals surface area (Å²) in [6, 6.07) is 0.496. The Morgan fingerprint density at radius 2 is 1.94 bits per heavy atom. The SMILES string of the molecule is CC(C)C(CNc1nc(CO)co1)C(C)C. The smallest absolute Gasteiger partial charge is 0.294 e. The molecule has 4 heteroatoms. The molecular weight excluding hydrogens is 204 g/mol. The molecule has 4 nitrogen and oxygen atoms in total. The Labute approximate surface area is 97.1 Å². The fraction of sp³-hybridized carbons (Fsp3) is 0.750. The highest BCUT2D eigenvalue weighted by molar-refractivity contribution is 5.21. The molecule has 1 rings (SSSR count). The van der Waals surface area contributed by atoms with Crippen molar-refractivity contribution in [3.05, 3.63) is 12.0 Å². The molecule has 16 heavy (non-hydrogen) atoms. The maximum atomic E-state index is 8.85. The van der Waals surface area contributed by atoms with Crippen LogP contribution in [0.4, 0.5) is 6.01 Å². The lowest BCUT2D eigenvalue weighted by Crippen LogP contribution is -2.24. The molecule has 1 aromatic heterocycles. The van der Waals surface area contributed by atoms with E-state index in [2.05, 4.69) is 38.0 Å². The third-order valence-corrected chi connectivity index (χ3v) is 2.92. The van der Waals surface area contributed by atoms with Crippen LogP contribution >= 0.6 is 0 Å². The highest BCUT2D eigenvalue weighted by atomic mass is 16.4. The van der Waals surface area contributed by atoms with Crippen molar-refractivity contribution in [3.8, 4) is 0 Å². The maximum Gasteiger partial charge on any atom is 0.294 e. The highest BCUT2D eigenvalue weighted by Crippen LogP contribution is 2.21. The summed E-state index contributed by atoms with van der Waals surface area (Å²) in [5.41, 5.74) is 0.563. The minimum absolute atomic E-state index is 0.0804. The summed E-state index contributed by atoms with van der Waals surface area (Å²) in [5.74, 6) is 1.84. The summed E-state index contributed by atoms with van der Waals surface area (Å²) in [7, 11) is 0. The summed E-state index contributed by atoms with van der Waals surface area (Å²) in [5, 5.41) is 12.0. The summed E-state index contributed by atoms with van der Waals surface area (Å²) in [6.07, 6.45) is 1.47. The van der Waals surface area contributed by atoms with Gasteiger partial charge >= 0.3 is 0 Å². The first-order valence-electron chi connectivity index (χ1n) is 5.83. The summed E-state index contributed by atoms with van der Waals surface area (Å²) in [6.45, 7) is 9.66. The molecular formula is C12H22N2O2. The fourth-order valence-corrected chi connectivity index (χ4v) is 1.91. The largest absolute Gasteiger partial charge is 0.432 e. The summed E-state index contributed by atoms with van der Waals surface area (Å²) >= 11 is 0. The molecule has 1 heterocycles. The van der Waals surface area contributed by atoms with Crippen molar-refractivity contribution < 1.29 is 9.52 Å². The minimum Gasteiger partial charge on any atom is -0.432 e. The van der Waals surface area contributed by atoms with Crippen LogP contribution < -0.4 is 5.32 Å². The van der Waals surface area contributed by atoms with Crippen molar-refractivity contribution in [1.82, 2.24) is 4.98 Å². The van der Waals surface area contributed by atoms with Crippen LogP contribution in [-0.2, 0) is 6.61 Å². The Balaban J connectivity index is 2.48. The van der Waals surface area contributed by atoms with Gasteiger partial charge in [-0.3, -0.25) is 0 Å². The number of aliphatic hydroxyl groups excluding tert-OH is 1. The van der Waals surface area contributed by atoms with E-state index in [-0.39, 0.29) is 6.61 Å².